The summed E-state index contributed by atoms with van der Waals surface area (Å²) in [6.45, 7) is -0.468. The lowest BCUT2D eigenvalue weighted by Gasteiger charge is -2.33. The molecule has 0 bridgehead atoms. The molecule has 0 spiro atoms. The van der Waals surface area contributed by atoms with Crippen LogP contribution in [0.4, 0.5) is 8.78 Å². The number of hydrogen-bond donors (Lipinski definition) is 1. The Balaban J connectivity index is 1.65. The molecule has 0 saturated heterocycles. The van der Waals surface area contributed by atoms with Crippen LogP contribution in [0, 0.1) is 11.6 Å². The fraction of sp³-hybridized carbons (Fsp3) is 0.182. The van der Waals surface area contributed by atoms with Gasteiger partial charge in [0.15, 0.2) is 0 Å². The molecule has 0 aliphatic heterocycles. The molecular weight excluding hydrogens is 404 g/mol. The largest absolute Gasteiger partial charge is 0.381 e. The Kier molecular flexibility index (Phi) is 5.43. The molecule has 158 valence electrons. The van der Waals surface area contributed by atoms with Gasteiger partial charge in [0.2, 0.25) is 0 Å². The summed E-state index contributed by atoms with van der Waals surface area (Å²) < 4.78 is 29.3. The van der Waals surface area contributed by atoms with E-state index in [1.54, 1.807) is 6.07 Å². The zero-order valence-electron chi connectivity index (χ0n) is 16.6. The number of hydrogen-bond acceptors (Lipinski definition) is 5. The molecule has 2 aromatic heterocycles. The lowest BCUT2D eigenvalue weighted by Crippen LogP contribution is -2.45. The highest BCUT2D eigenvalue weighted by atomic mass is 19.1. The Morgan fingerprint density at radius 2 is 2.00 bits per heavy atom. The summed E-state index contributed by atoms with van der Waals surface area (Å²) in [7, 11) is 1.49. The van der Waals surface area contributed by atoms with Crippen molar-refractivity contribution in [1.82, 2.24) is 24.6 Å². The quantitative estimate of drug-likeness (QED) is 0.516. The van der Waals surface area contributed by atoms with Crippen molar-refractivity contribution in [3.8, 4) is 0 Å². The molecule has 0 fully saturated rings. The molecule has 2 aromatic carbocycles. The molecule has 9 heteroatoms. The van der Waals surface area contributed by atoms with Gasteiger partial charge in [0.1, 0.15) is 29.9 Å². The number of fused-ring (bicyclic) bond motifs is 1. The first-order chi connectivity index (χ1) is 14.9. The minimum absolute atomic E-state index is 0.152. The maximum Gasteiger partial charge on any atom is 0.255 e. The van der Waals surface area contributed by atoms with Crippen molar-refractivity contribution < 1.29 is 18.7 Å². The molecule has 0 saturated carbocycles. The van der Waals surface area contributed by atoms with E-state index in [1.807, 2.05) is 24.3 Å². The van der Waals surface area contributed by atoms with E-state index in [4.69, 9.17) is 0 Å². The number of aromatic nitrogens is 4. The number of carbonyl (C=O) groups excluding carboxylic acids is 1. The number of halogens is 2. The monoisotopic (exact) mass is 423 g/mol. The molecule has 1 amide bonds. The normalized spacial score (nSPS) is 13.2. The number of amides is 1. The number of aliphatic hydroxyl groups is 1. The number of benzene rings is 2. The average Bonchev–Trinajstić information content (AvgIpc) is 3.25. The van der Waals surface area contributed by atoms with Crippen molar-refractivity contribution >= 4 is 16.8 Å². The fourth-order valence-corrected chi connectivity index (χ4v) is 3.54. The zero-order valence-corrected chi connectivity index (χ0v) is 16.6. The average molecular weight is 423 g/mol. The maximum absolute atomic E-state index is 14.6. The van der Waals surface area contributed by atoms with Gasteiger partial charge in [-0.1, -0.05) is 24.3 Å². The van der Waals surface area contributed by atoms with Crippen LogP contribution in [-0.2, 0) is 12.1 Å². The zero-order chi connectivity index (χ0) is 22.0. The Bertz CT molecular complexity index is 1230. The maximum atomic E-state index is 14.6. The number of carbonyl (C=O) groups is 1. The van der Waals surface area contributed by atoms with E-state index in [9.17, 15) is 18.7 Å². The highest BCUT2D eigenvalue weighted by Gasteiger charge is 2.36. The van der Waals surface area contributed by atoms with E-state index in [2.05, 4.69) is 15.1 Å². The molecule has 1 N–H and O–H groups in total. The second-order valence-electron chi connectivity index (χ2n) is 7.33. The van der Waals surface area contributed by atoms with Crippen LogP contribution in [0.1, 0.15) is 15.9 Å². The highest BCUT2D eigenvalue weighted by molar-refractivity contribution is 5.97. The van der Waals surface area contributed by atoms with Gasteiger partial charge in [0.05, 0.1) is 24.2 Å². The van der Waals surface area contributed by atoms with Crippen LogP contribution in [0.5, 0.6) is 0 Å². The van der Waals surface area contributed by atoms with Gasteiger partial charge in [0, 0.05) is 30.3 Å². The van der Waals surface area contributed by atoms with Crippen LogP contribution in [0.25, 0.3) is 10.9 Å². The number of pyridine rings is 1. The highest BCUT2D eigenvalue weighted by Crippen LogP contribution is 2.28. The van der Waals surface area contributed by atoms with Gasteiger partial charge in [-0.05, 0) is 18.2 Å². The summed E-state index contributed by atoms with van der Waals surface area (Å²) in [6, 6.07) is 12.0. The second-order valence-corrected chi connectivity index (χ2v) is 7.33. The number of likely N-dealkylation sites (N-methyl/N-ethyl adjacent to an activating group) is 1. The molecule has 0 radical (unpaired) electrons. The van der Waals surface area contributed by atoms with Crippen LogP contribution < -0.4 is 0 Å². The number of nitrogens with zero attached hydrogens (tertiary/aromatic N) is 5. The van der Waals surface area contributed by atoms with Gasteiger partial charge in [-0.3, -0.25) is 9.78 Å². The summed E-state index contributed by atoms with van der Waals surface area (Å²) in [5.74, 6) is -2.09. The summed E-state index contributed by atoms with van der Waals surface area (Å²) in [5, 5.41) is 16.2. The van der Waals surface area contributed by atoms with E-state index in [1.165, 1.54) is 35.5 Å². The summed E-state index contributed by atoms with van der Waals surface area (Å²) in [5.41, 5.74) is -0.970. The minimum atomic E-state index is -1.89. The molecule has 4 aromatic rings. The molecule has 0 aliphatic carbocycles. The van der Waals surface area contributed by atoms with Crippen molar-refractivity contribution in [1.29, 1.82) is 0 Å². The fourth-order valence-electron chi connectivity index (χ4n) is 3.54. The van der Waals surface area contributed by atoms with Crippen molar-refractivity contribution in [2.24, 2.45) is 0 Å². The predicted molar refractivity (Wildman–Crippen MR) is 109 cm³/mol. The van der Waals surface area contributed by atoms with E-state index >= 15 is 0 Å². The lowest BCUT2D eigenvalue weighted by atomic mass is 9.92. The number of para-hydroxylation sites is 1. The van der Waals surface area contributed by atoms with Crippen LogP contribution in [-0.4, -0.2) is 49.3 Å². The third-order valence-corrected chi connectivity index (χ3v) is 5.01. The van der Waals surface area contributed by atoms with Gasteiger partial charge in [0.25, 0.3) is 5.91 Å². The molecule has 0 aliphatic rings. The van der Waals surface area contributed by atoms with E-state index in [-0.39, 0.29) is 18.7 Å². The predicted octanol–water partition coefficient (Wildman–Crippen LogP) is 2.76. The lowest BCUT2D eigenvalue weighted by molar-refractivity contribution is -0.0129. The first-order valence-corrected chi connectivity index (χ1v) is 9.46. The molecular formula is C22H19F2N5O2. The molecule has 4 rings (SSSR count). The van der Waals surface area contributed by atoms with Crippen LogP contribution in [0.3, 0.4) is 0 Å². The Hall–Kier alpha value is -3.72. The molecule has 7 nitrogen and oxygen atoms in total. The Labute approximate surface area is 176 Å². The van der Waals surface area contributed by atoms with Gasteiger partial charge in [-0.2, -0.15) is 5.10 Å². The van der Waals surface area contributed by atoms with E-state index < -0.39 is 23.1 Å². The number of rotatable bonds is 6. The molecule has 2 heterocycles. The molecule has 1 unspecified atom stereocenters. The van der Waals surface area contributed by atoms with Crippen LogP contribution in [0.15, 0.2) is 67.4 Å². The molecule has 1 atom stereocenters. The summed E-state index contributed by atoms with van der Waals surface area (Å²) in [4.78, 5) is 22.4. The summed E-state index contributed by atoms with van der Waals surface area (Å²) >= 11 is 0. The van der Waals surface area contributed by atoms with Crippen molar-refractivity contribution in [3.05, 3.63) is 90.1 Å². The third kappa shape index (κ3) is 4.26. The topological polar surface area (TPSA) is 84.1 Å². The van der Waals surface area contributed by atoms with Gasteiger partial charge >= 0.3 is 0 Å². The first-order valence-electron chi connectivity index (χ1n) is 9.46. The Morgan fingerprint density at radius 1 is 1.19 bits per heavy atom. The van der Waals surface area contributed by atoms with Crippen LogP contribution >= 0.6 is 0 Å². The van der Waals surface area contributed by atoms with E-state index in [0.717, 1.165) is 23.0 Å². The van der Waals surface area contributed by atoms with Gasteiger partial charge < -0.3 is 10.0 Å². The molecule has 31 heavy (non-hydrogen) atoms. The smallest absolute Gasteiger partial charge is 0.255 e. The van der Waals surface area contributed by atoms with Crippen molar-refractivity contribution in [2.45, 2.75) is 12.1 Å². The summed E-state index contributed by atoms with van der Waals surface area (Å²) in [6.07, 6.45) is 4.09. The van der Waals surface area contributed by atoms with Crippen molar-refractivity contribution in [2.75, 3.05) is 13.6 Å². The third-order valence-electron chi connectivity index (χ3n) is 5.01. The second kappa shape index (κ2) is 8.19. The standard InChI is InChI=1S/C22H19F2N5O2/c1-28(21(30)16-8-15-4-2-3-5-20(15)26-10-16)11-22(31,12-29-14-25-13-27-29)18-7-6-17(23)9-19(18)24/h2-10,13-14,31H,11-12H2,1H3. The SMILES string of the molecule is CN(CC(O)(Cn1cncn1)c1ccc(F)cc1F)C(=O)c1cnc2ccccc2c1. The van der Waals surface area contributed by atoms with Crippen molar-refractivity contribution in [3.63, 3.8) is 0 Å². The van der Waals surface area contributed by atoms with E-state index in [0.29, 0.717) is 11.6 Å². The Morgan fingerprint density at radius 3 is 2.74 bits per heavy atom. The minimum Gasteiger partial charge on any atom is -0.381 e. The first kappa shape index (κ1) is 20.5. The van der Waals surface area contributed by atoms with Gasteiger partial charge in [-0.25, -0.2) is 18.4 Å². The van der Waals surface area contributed by atoms with Gasteiger partial charge in [-0.15, -0.1) is 0 Å². The van der Waals surface area contributed by atoms with Crippen LogP contribution in [0.2, 0.25) is 0 Å².